The van der Waals surface area contributed by atoms with E-state index in [0.717, 1.165) is 19.4 Å². The zero-order chi connectivity index (χ0) is 15.7. The van der Waals surface area contributed by atoms with Crippen LogP contribution in [0.5, 0.6) is 0 Å². The van der Waals surface area contributed by atoms with Crippen LogP contribution in [-0.2, 0) is 9.53 Å². The Morgan fingerprint density at radius 2 is 1.52 bits per heavy atom. The summed E-state index contributed by atoms with van der Waals surface area (Å²) in [4.78, 5) is 14.7. The first-order chi connectivity index (χ1) is 9.71. The summed E-state index contributed by atoms with van der Waals surface area (Å²) in [6, 6.07) is 0. The summed E-state index contributed by atoms with van der Waals surface area (Å²) >= 11 is 0. The third-order valence-electron chi connectivity index (χ3n) is 4.81. The molecule has 122 valence electrons. The van der Waals surface area contributed by atoms with Gasteiger partial charge < -0.3 is 15.4 Å². The molecule has 1 amide bonds. The molecule has 21 heavy (non-hydrogen) atoms. The Bertz CT molecular complexity index is 355. The van der Waals surface area contributed by atoms with E-state index in [1.165, 1.54) is 12.8 Å². The minimum Gasteiger partial charge on any atom is -0.366 e. The molecule has 0 radical (unpaired) electrons. The average Bonchev–Trinajstić information content (AvgIpc) is 2.36. The van der Waals surface area contributed by atoms with Gasteiger partial charge in [-0.1, -0.05) is 0 Å². The third-order valence-corrected chi connectivity index (χ3v) is 4.81. The van der Waals surface area contributed by atoms with Gasteiger partial charge in [0.1, 0.15) is 0 Å². The van der Waals surface area contributed by atoms with E-state index in [0.29, 0.717) is 37.3 Å². The zero-order valence-corrected chi connectivity index (χ0v) is 14.2. The lowest BCUT2D eigenvalue weighted by atomic mass is 9.80. The number of morpholine rings is 1. The molecule has 1 aliphatic carbocycles. The van der Waals surface area contributed by atoms with Crippen LogP contribution >= 0.6 is 0 Å². The fourth-order valence-electron chi connectivity index (χ4n) is 4.01. The molecular formula is C17H32N2O2. The van der Waals surface area contributed by atoms with Crippen molar-refractivity contribution in [1.82, 2.24) is 4.90 Å². The van der Waals surface area contributed by atoms with Crippen molar-refractivity contribution < 1.29 is 9.53 Å². The number of hydrogen-bond donors (Lipinski definition) is 1. The maximum atomic E-state index is 12.6. The van der Waals surface area contributed by atoms with Crippen molar-refractivity contribution in [2.45, 2.75) is 71.0 Å². The van der Waals surface area contributed by atoms with E-state index < -0.39 is 0 Å². The van der Waals surface area contributed by atoms with E-state index in [1.807, 2.05) is 4.90 Å². The van der Waals surface area contributed by atoms with E-state index in [4.69, 9.17) is 10.5 Å². The number of carbonyl (C=O) groups excluding carboxylic acids is 1. The molecular weight excluding hydrogens is 264 g/mol. The maximum absolute atomic E-state index is 12.6. The zero-order valence-electron chi connectivity index (χ0n) is 14.2. The molecule has 0 bridgehead atoms. The van der Waals surface area contributed by atoms with Crippen molar-refractivity contribution in [3.63, 3.8) is 0 Å². The Labute approximate surface area is 129 Å². The third kappa shape index (κ3) is 4.68. The largest absolute Gasteiger partial charge is 0.366 e. The number of ether oxygens (including phenoxy) is 1. The second-order valence-electron chi connectivity index (χ2n) is 8.20. The molecule has 2 aliphatic rings. The Morgan fingerprint density at radius 3 is 2.00 bits per heavy atom. The second kappa shape index (κ2) is 6.25. The van der Waals surface area contributed by atoms with Crippen LogP contribution in [0.1, 0.15) is 59.8 Å². The number of hydrogen-bond acceptors (Lipinski definition) is 3. The van der Waals surface area contributed by atoms with Gasteiger partial charge in [-0.15, -0.1) is 0 Å². The fraction of sp³-hybridized carbons (Fsp3) is 0.941. The average molecular weight is 296 g/mol. The Morgan fingerprint density at radius 1 is 1.05 bits per heavy atom. The number of nitrogens with two attached hydrogens (primary N) is 1. The highest BCUT2D eigenvalue weighted by Crippen LogP contribution is 2.32. The van der Waals surface area contributed by atoms with Gasteiger partial charge in [-0.3, -0.25) is 4.79 Å². The van der Waals surface area contributed by atoms with E-state index >= 15 is 0 Å². The molecule has 4 heteroatoms. The summed E-state index contributed by atoms with van der Waals surface area (Å²) in [7, 11) is 0. The Balaban J connectivity index is 1.88. The number of amides is 1. The highest BCUT2D eigenvalue weighted by molar-refractivity contribution is 5.76. The maximum Gasteiger partial charge on any atom is 0.223 e. The molecule has 2 N–H and O–H groups in total. The molecule has 1 aliphatic heterocycles. The van der Waals surface area contributed by atoms with Crippen molar-refractivity contribution in [3.05, 3.63) is 0 Å². The lowest BCUT2D eigenvalue weighted by Gasteiger charge is -2.47. The number of nitrogens with zero attached hydrogens (tertiary/aromatic N) is 1. The van der Waals surface area contributed by atoms with Crippen molar-refractivity contribution >= 4 is 5.91 Å². The molecule has 1 saturated heterocycles. The summed E-state index contributed by atoms with van der Waals surface area (Å²) < 4.78 is 6.05. The highest BCUT2D eigenvalue weighted by Gasteiger charge is 2.40. The predicted octanol–water partition coefficient (Wildman–Crippen LogP) is 2.56. The smallest absolute Gasteiger partial charge is 0.223 e. The second-order valence-corrected chi connectivity index (χ2v) is 8.20. The summed E-state index contributed by atoms with van der Waals surface area (Å²) in [5.41, 5.74) is 5.23. The van der Waals surface area contributed by atoms with Crippen LogP contribution in [0.25, 0.3) is 0 Å². The predicted molar refractivity (Wildman–Crippen MR) is 84.9 cm³/mol. The van der Waals surface area contributed by atoms with Crippen molar-refractivity contribution in [1.29, 1.82) is 0 Å². The van der Waals surface area contributed by atoms with Gasteiger partial charge in [-0.05, 0) is 71.8 Å². The molecule has 4 nitrogen and oxygen atoms in total. The minimum absolute atomic E-state index is 0.255. The van der Waals surface area contributed by atoms with Crippen molar-refractivity contribution in [2.75, 3.05) is 19.6 Å². The molecule has 0 aromatic rings. The molecule has 2 fully saturated rings. The van der Waals surface area contributed by atoms with Crippen LogP contribution < -0.4 is 5.73 Å². The van der Waals surface area contributed by atoms with Crippen molar-refractivity contribution in [2.24, 2.45) is 17.6 Å². The summed E-state index contributed by atoms with van der Waals surface area (Å²) in [5.74, 6) is 1.53. The monoisotopic (exact) mass is 296 g/mol. The standard InChI is InChI=1S/C17H32N2O2/c1-16(2)11-19(12-17(3,4)21-16)15(20)9-13-5-7-14(10-18)8-6-13/h13-14H,5-12,18H2,1-4H3. The van der Waals surface area contributed by atoms with E-state index in [-0.39, 0.29) is 11.2 Å². The van der Waals surface area contributed by atoms with Gasteiger partial charge in [0.15, 0.2) is 0 Å². The quantitative estimate of drug-likeness (QED) is 0.871. The summed E-state index contributed by atoms with van der Waals surface area (Å²) in [6.45, 7) is 10.5. The van der Waals surface area contributed by atoms with E-state index in [2.05, 4.69) is 27.7 Å². The Hall–Kier alpha value is -0.610. The molecule has 2 rings (SSSR count). The van der Waals surface area contributed by atoms with Gasteiger partial charge in [0.2, 0.25) is 5.91 Å². The Kier molecular flexibility index (Phi) is 4.99. The fourth-order valence-corrected chi connectivity index (χ4v) is 4.01. The van der Waals surface area contributed by atoms with Gasteiger partial charge in [-0.2, -0.15) is 0 Å². The first kappa shape index (κ1) is 16.8. The number of rotatable bonds is 3. The van der Waals surface area contributed by atoms with Gasteiger partial charge >= 0.3 is 0 Å². The van der Waals surface area contributed by atoms with Crippen LogP contribution in [0.3, 0.4) is 0 Å². The van der Waals surface area contributed by atoms with E-state index in [9.17, 15) is 4.79 Å². The minimum atomic E-state index is -0.255. The SMILES string of the molecule is CC1(C)CN(C(=O)CC2CCC(CN)CC2)CC(C)(C)O1. The molecule has 0 aromatic heterocycles. The number of carbonyl (C=O) groups is 1. The van der Waals surface area contributed by atoms with Crippen LogP contribution in [0.4, 0.5) is 0 Å². The molecule has 1 heterocycles. The first-order valence-electron chi connectivity index (χ1n) is 8.39. The van der Waals surface area contributed by atoms with Gasteiger partial charge in [0.05, 0.1) is 11.2 Å². The lowest BCUT2D eigenvalue weighted by Crippen LogP contribution is -2.58. The van der Waals surface area contributed by atoms with Gasteiger partial charge in [0, 0.05) is 19.5 Å². The van der Waals surface area contributed by atoms with Crippen LogP contribution in [0.2, 0.25) is 0 Å². The molecule has 0 unspecified atom stereocenters. The van der Waals surface area contributed by atoms with Crippen LogP contribution in [0.15, 0.2) is 0 Å². The lowest BCUT2D eigenvalue weighted by molar-refractivity contribution is -0.188. The van der Waals surface area contributed by atoms with Gasteiger partial charge in [-0.25, -0.2) is 0 Å². The molecule has 0 aromatic carbocycles. The topological polar surface area (TPSA) is 55.6 Å². The molecule has 0 atom stereocenters. The normalized spacial score (nSPS) is 32.0. The van der Waals surface area contributed by atoms with Crippen LogP contribution in [0, 0.1) is 11.8 Å². The summed E-state index contributed by atoms with van der Waals surface area (Å²) in [6.07, 6.45) is 5.39. The van der Waals surface area contributed by atoms with Crippen molar-refractivity contribution in [3.8, 4) is 0 Å². The highest BCUT2D eigenvalue weighted by atomic mass is 16.5. The van der Waals surface area contributed by atoms with E-state index in [1.54, 1.807) is 0 Å². The first-order valence-corrected chi connectivity index (χ1v) is 8.39. The van der Waals surface area contributed by atoms with Crippen LogP contribution in [-0.4, -0.2) is 41.6 Å². The molecule has 0 spiro atoms. The van der Waals surface area contributed by atoms with Gasteiger partial charge in [0.25, 0.3) is 0 Å². The molecule has 1 saturated carbocycles. The summed E-state index contributed by atoms with van der Waals surface area (Å²) in [5, 5.41) is 0.